The summed E-state index contributed by atoms with van der Waals surface area (Å²) < 4.78 is 5.15. The topological polar surface area (TPSA) is 79.3 Å². The molecule has 1 aromatic rings. The van der Waals surface area contributed by atoms with Crippen molar-refractivity contribution in [3.05, 3.63) is 12.4 Å². The highest BCUT2D eigenvalue weighted by Crippen LogP contribution is 2.07. The molecule has 0 amide bonds. The number of rotatable bonds is 9. The van der Waals surface area contributed by atoms with E-state index in [0.29, 0.717) is 13.2 Å². The monoisotopic (exact) mass is 240 g/mol. The smallest absolute Gasteiger partial charge is 0.131 e. The molecule has 0 bridgehead atoms. The molecule has 0 atom stereocenters. The molecule has 0 aliphatic carbocycles. The number of aliphatic hydroxyl groups is 1. The fourth-order valence-electron chi connectivity index (χ4n) is 1.29. The van der Waals surface area contributed by atoms with Crippen LogP contribution >= 0.6 is 0 Å². The largest absolute Gasteiger partial charge is 0.394 e. The van der Waals surface area contributed by atoms with Crippen molar-refractivity contribution in [2.75, 3.05) is 43.5 Å². The molecular weight excluding hydrogens is 220 g/mol. The maximum Gasteiger partial charge on any atom is 0.131 e. The predicted octanol–water partition coefficient (Wildman–Crippen LogP) is 0.719. The van der Waals surface area contributed by atoms with Crippen molar-refractivity contribution in [1.82, 2.24) is 9.97 Å². The Kier molecular flexibility index (Phi) is 7.01. The first-order chi connectivity index (χ1) is 8.36. The molecule has 0 unspecified atom stereocenters. The zero-order valence-electron chi connectivity index (χ0n) is 10.1. The lowest BCUT2D eigenvalue weighted by molar-refractivity contribution is 0.0922. The maximum atomic E-state index is 8.52. The number of nitrogens with zero attached hydrogens (tertiary/aromatic N) is 2. The molecule has 0 spiro atoms. The minimum Gasteiger partial charge on any atom is -0.394 e. The van der Waals surface area contributed by atoms with Gasteiger partial charge < -0.3 is 20.5 Å². The van der Waals surface area contributed by atoms with E-state index in [1.807, 2.05) is 13.0 Å². The Hall–Kier alpha value is -1.40. The Labute approximate surface area is 101 Å². The van der Waals surface area contributed by atoms with Gasteiger partial charge in [-0.25, -0.2) is 9.97 Å². The van der Waals surface area contributed by atoms with Crippen LogP contribution in [-0.2, 0) is 4.74 Å². The van der Waals surface area contributed by atoms with Crippen molar-refractivity contribution >= 4 is 11.6 Å². The molecule has 96 valence electrons. The van der Waals surface area contributed by atoms with Gasteiger partial charge in [0, 0.05) is 25.8 Å². The Morgan fingerprint density at radius 1 is 1.24 bits per heavy atom. The first kappa shape index (κ1) is 13.7. The van der Waals surface area contributed by atoms with Gasteiger partial charge in [0.05, 0.1) is 13.2 Å². The van der Waals surface area contributed by atoms with Crippen molar-refractivity contribution in [3.63, 3.8) is 0 Å². The first-order valence-corrected chi connectivity index (χ1v) is 5.85. The van der Waals surface area contributed by atoms with E-state index in [1.54, 1.807) is 0 Å². The van der Waals surface area contributed by atoms with E-state index in [-0.39, 0.29) is 6.61 Å². The van der Waals surface area contributed by atoms with E-state index >= 15 is 0 Å². The Morgan fingerprint density at radius 3 is 2.71 bits per heavy atom. The van der Waals surface area contributed by atoms with E-state index in [4.69, 9.17) is 9.84 Å². The van der Waals surface area contributed by atoms with Crippen LogP contribution < -0.4 is 10.6 Å². The summed E-state index contributed by atoms with van der Waals surface area (Å²) in [4.78, 5) is 8.20. The van der Waals surface area contributed by atoms with Gasteiger partial charge >= 0.3 is 0 Å². The van der Waals surface area contributed by atoms with Crippen LogP contribution in [0, 0.1) is 0 Å². The summed E-state index contributed by atoms with van der Waals surface area (Å²) in [5.41, 5.74) is 0. The summed E-state index contributed by atoms with van der Waals surface area (Å²) in [6.45, 7) is 4.76. The quantitative estimate of drug-likeness (QED) is 0.552. The third kappa shape index (κ3) is 6.03. The van der Waals surface area contributed by atoms with Crippen LogP contribution in [0.3, 0.4) is 0 Å². The number of nitrogens with one attached hydrogen (secondary N) is 2. The van der Waals surface area contributed by atoms with Gasteiger partial charge in [0.1, 0.15) is 18.0 Å². The zero-order chi connectivity index (χ0) is 12.3. The highest BCUT2D eigenvalue weighted by atomic mass is 16.5. The number of hydrogen-bond donors (Lipinski definition) is 3. The number of ether oxygens (including phenoxy) is 1. The maximum absolute atomic E-state index is 8.52. The predicted molar refractivity (Wildman–Crippen MR) is 67.2 cm³/mol. The van der Waals surface area contributed by atoms with Crippen molar-refractivity contribution in [2.45, 2.75) is 13.3 Å². The van der Waals surface area contributed by atoms with Gasteiger partial charge in [-0.3, -0.25) is 0 Å². The third-order valence-corrected chi connectivity index (χ3v) is 2.03. The Balaban J connectivity index is 2.19. The zero-order valence-corrected chi connectivity index (χ0v) is 10.1. The summed E-state index contributed by atoms with van der Waals surface area (Å²) in [5.74, 6) is 1.62. The number of anilines is 2. The van der Waals surface area contributed by atoms with E-state index in [1.165, 1.54) is 6.33 Å². The van der Waals surface area contributed by atoms with Crippen LogP contribution in [0.1, 0.15) is 13.3 Å². The summed E-state index contributed by atoms with van der Waals surface area (Å²) >= 11 is 0. The molecule has 6 nitrogen and oxygen atoms in total. The van der Waals surface area contributed by atoms with E-state index in [0.717, 1.165) is 31.1 Å². The van der Waals surface area contributed by atoms with E-state index in [2.05, 4.69) is 20.6 Å². The lowest BCUT2D eigenvalue weighted by atomic mass is 10.4. The molecule has 0 saturated carbocycles. The second-order valence-electron chi connectivity index (χ2n) is 3.44. The molecular formula is C11H20N4O2. The molecule has 0 radical (unpaired) electrons. The molecule has 1 heterocycles. The van der Waals surface area contributed by atoms with Crippen LogP contribution in [-0.4, -0.2) is 48.0 Å². The molecule has 0 aliphatic heterocycles. The minimum absolute atomic E-state index is 0.0748. The third-order valence-electron chi connectivity index (χ3n) is 2.03. The van der Waals surface area contributed by atoms with Crippen molar-refractivity contribution in [1.29, 1.82) is 0 Å². The summed E-state index contributed by atoms with van der Waals surface area (Å²) in [6, 6.07) is 1.87. The fraction of sp³-hybridized carbons (Fsp3) is 0.636. The van der Waals surface area contributed by atoms with Gasteiger partial charge in [-0.2, -0.15) is 0 Å². The fourth-order valence-corrected chi connectivity index (χ4v) is 1.29. The summed E-state index contributed by atoms with van der Waals surface area (Å²) in [7, 11) is 0. The van der Waals surface area contributed by atoms with Gasteiger partial charge in [-0.1, -0.05) is 0 Å². The molecule has 1 rings (SSSR count). The van der Waals surface area contributed by atoms with Crippen LogP contribution in [0.25, 0.3) is 0 Å². The molecule has 0 aliphatic rings. The molecule has 0 fully saturated rings. The second kappa shape index (κ2) is 8.72. The van der Waals surface area contributed by atoms with E-state index in [9.17, 15) is 0 Å². The molecule has 1 aromatic heterocycles. The van der Waals surface area contributed by atoms with E-state index < -0.39 is 0 Å². The Bertz CT molecular complexity index is 309. The minimum atomic E-state index is 0.0748. The molecule has 0 aromatic carbocycles. The number of hydrogen-bond acceptors (Lipinski definition) is 6. The van der Waals surface area contributed by atoms with Crippen LogP contribution in [0.5, 0.6) is 0 Å². The van der Waals surface area contributed by atoms with Gasteiger partial charge in [-0.15, -0.1) is 0 Å². The van der Waals surface area contributed by atoms with Crippen LogP contribution in [0.15, 0.2) is 12.4 Å². The SMILES string of the molecule is CCNc1cc(NCCCOCCO)ncn1. The van der Waals surface area contributed by atoms with Crippen molar-refractivity contribution in [3.8, 4) is 0 Å². The van der Waals surface area contributed by atoms with Gasteiger partial charge in [-0.05, 0) is 13.3 Å². The van der Waals surface area contributed by atoms with Crippen LogP contribution in [0.2, 0.25) is 0 Å². The highest BCUT2D eigenvalue weighted by molar-refractivity contribution is 5.46. The first-order valence-electron chi connectivity index (χ1n) is 5.85. The molecule has 0 saturated heterocycles. The standard InChI is InChI=1S/C11H20N4O2/c1-2-12-10-8-11(15-9-14-10)13-4-3-6-17-7-5-16/h8-9,16H,2-7H2,1H3,(H2,12,13,14,15). The summed E-state index contributed by atoms with van der Waals surface area (Å²) in [5, 5.41) is 14.8. The number of aliphatic hydroxyl groups excluding tert-OH is 1. The van der Waals surface area contributed by atoms with Crippen LogP contribution in [0.4, 0.5) is 11.6 Å². The lowest BCUT2D eigenvalue weighted by Gasteiger charge is -2.07. The van der Waals surface area contributed by atoms with Crippen molar-refractivity contribution in [2.24, 2.45) is 0 Å². The molecule has 3 N–H and O–H groups in total. The van der Waals surface area contributed by atoms with Gasteiger partial charge in [0.25, 0.3) is 0 Å². The second-order valence-corrected chi connectivity index (χ2v) is 3.44. The van der Waals surface area contributed by atoms with Gasteiger partial charge in [0.2, 0.25) is 0 Å². The summed E-state index contributed by atoms with van der Waals surface area (Å²) in [6.07, 6.45) is 2.41. The average Bonchev–Trinajstić information content (AvgIpc) is 2.35. The van der Waals surface area contributed by atoms with Gasteiger partial charge in [0.15, 0.2) is 0 Å². The molecule has 17 heavy (non-hydrogen) atoms. The number of aromatic nitrogens is 2. The lowest BCUT2D eigenvalue weighted by Crippen LogP contribution is -2.09. The Morgan fingerprint density at radius 2 is 2.00 bits per heavy atom. The molecule has 6 heteroatoms. The highest BCUT2D eigenvalue weighted by Gasteiger charge is 1.96. The normalized spacial score (nSPS) is 10.2. The average molecular weight is 240 g/mol. The van der Waals surface area contributed by atoms with Crippen molar-refractivity contribution < 1.29 is 9.84 Å².